The standard InChI is InChI=1S/C24H21ClN2O5/c1-2-22(28)32-23-19(9-6-10-20(23)31-16-7-4-3-5-8-16)30-14-21-26-18-12-11-15(25)13-17(18)24(29)27-21/h3-13,21,26H,2,14H2,1H3,(H,27,29). The summed E-state index contributed by atoms with van der Waals surface area (Å²) in [5.41, 5.74) is 1.12. The van der Waals surface area contributed by atoms with Gasteiger partial charge >= 0.3 is 5.97 Å². The molecule has 1 amide bonds. The number of carbonyl (C=O) groups excluding carboxylic acids is 2. The van der Waals surface area contributed by atoms with Gasteiger partial charge in [0.2, 0.25) is 5.75 Å². The van der Waals surface area contributed by atoms with Crippen LogP contribution in [0.2, 0.25) is 5.02 Å². The van der Waals surface area contributed by atoms with Crippen molar-refractivity contribution in [2.24, 2.45) is 0 Å². The van der Waals surface area contributed by atoms with Gasteiger partial charge in [-0.3, -0.25) is 9.59 Å². The number of rotatable bonds is 7. The van der Waals surface area contributed by atoms with E-state index in [1.165, 1.54) is 0 Å². The number of esters is 1. The topological polar surface area (TPSA) is 85.9 Å². The van der Waals surface area contributed by atoms with E-state index in [1.807, 2.05) is 18.2 Å². The Kier molecular flexibility index (Phi) is 6.47. The smallest absolute Gasteiger partial charge is 0.311 e. The molecule has 2 N–H and O–H groups in total. The molecular formula is C24H21ClN2O5. The molecule has 0 aliphatic carbocycles. The largest absolute Gasteiger partial charge is 0.485 e. The van der Waals surface area contributed by atoms with Crippen molar-refractivity contribution in [2.75, 3.05) is 11.9 Å². The highest BCUT2D eigenvalue weighted by atomic mass is 35.5. The molecule has 0 radical (unpaired) electrons. The van der Waals surface area contributed by atoms with Crippen LogP contribution in [-0.2, 0) is 4.79 Å². The molecule has 1 heterocycles. The predicted molar refractivity (Wildman–Crippen MR) is 121 cm³/mol. The first-order valence-electron chi connectivity index (χ1n) is 10.1. The minimum absolute atomic E-state index is 0.0826. The summed E-state index contributed by atoms with van der Waals surface area (Å²) in [6.45, 7) is 1.79. The van der Waals surface area contributed by atoms with Gasteiger partial charge in [-0.2, -0.15) is 0 Å². The Morgan fingerprint density at radius 1 is 1.00 bits per heavy atom. The molecule has 4 rings (SSSR count). The summed E-state index contributed by atoms with van der Waals surface area (Å²) in [5, 5.41) is 6.50. The van der Waals surface area contributed by atoms with Gasteiger partial charge < -0.3 is 24.8 Å². The van der Waals surface area contributed by atoms with Crippen LogP contribution in [-0.4, -0.2) is 24.6 Å². The van der Waals surface area contributed by atoms with Gasteiger partial charge in [0.15, 0.2) is 11.5 Å². The third-order valence-electron chi connectivity index (χ3n) is 4.69. The molecule has 1 atom stereocenters. The van der Waals surface area contributed by atoms with E-state index in [-0.39, 0.29) is 24.7 Å². The van der Waals surface area contributed by atoms with E-state index in [0.29, 0.717) is 33.5 Å². The molecule has 1 aliphatic heterocycles. The van der Waals surface area contributed by atoms with Gasteiger partial charge in [-0.1, -0.05) is 42.8 Å². The zero-order valence-corrected chi connectivity index (χ0v) is 18.0. The lowest BCUT2D eigenvalue weighted by Gasteiger charge is -2.28. The summed E-state index contributed by atoms with van der Waals surface area (Å²) in [7, 11) is 0. The molecule has 0 fully saturated rings. The molecule has 0 saturated carbocycles. The lowest BCUT2D eigenvalue weighted by molar-refractivity contribution is -0.134. The molecule has 3 aromatic rings. The van der Waals surface area contributed by atoms with Crippen LogP contribution in [0.4, 0.5) is 5.69 Å². The second-order valence-electron chi connectivity index (χ2n) is 7.00. The average molecular weight is 453 g/mol. The average Bonchev–Trinajstić information content (AvgIpc) is 2.80. The number of para-hydroxylation sites is 2. The number of halogens is 1. The molecule has 1 aliphatic rings. The van der Waals surface area contributed by atoms with Gasteiger partial charge in [0.25, 0.3) is 5.91 Å². The number of benzene rings is 3. The second kappa shape index (κ2) is 9.62. The van der Waals surface area contributed by atoms with Crippen molar-refractivity contribution in [3.8, 4) is 23.0 Å². The van der Waals surface area contributed by atoms with Crippen LogP contribution >= 0.6 is 11.6 Å². The summed E-state index contributed by atoms with van der Waals surface area (Å²) in [6, 6.07) is 19.3. The highest BCUT2D eigenvalue weighted by molar-refractivity contribution is 6.31. The summed E-state index contributed by atoms with van der Waals surface area (Å²) >= 11 is 5.98. The summed E-state index contributed by atoms with van der Waals surface area (Å²) in [5.74, 6) is 0.754. The molecule has 32 heavy (non-hydrogen) atoms. The normalized spacial score (nSPS) is 14.6. The van der Waals surface area contributed by atoms with Crippen LogP contribution in [0.1, 0.15) is 23.7 Å². The first-order chi connectivity index (χ1) is 15.5. The quantitative estimate of drug-likeness (QED) is 0.387. The molecule has 3 aromatic carbocycles. The van der Waals surface area contributed by atoms with E-state index < -0.39 is 12.1 Å². The molecule has 7 nitrogen and oxygen atoms in total. The first kappa shape index (κ1) is 21.5. The van der Waals surface area contributed by atoms with Gasteiger partial charge in [0.1, 0.15) is 18.5 Å². The third kappa shape index (κ3) is 4.95. The zero-order chi connectivity index (χ0) is 22.5. The fourth-order valence-corrected chi connectivity index (χ4v) is 3.31. The Labute approximate surface area is 190 Å². The molecule has 0 saturated heterocycles. The highest BCUT2D eigenvalue weighted by Crippen LogP contribution is 2.40. The van der Waals surface area contributed by atoms with Crippen molar-refractivity contribution in [3.63, 3.8) is 0 Å². The first-order valence-corrected chi connectivity index (χ1v) is 10.5. The summed E-state index contributed by atoms with van der Waals surface area (Å²) in [4.78, 5) is 24.5. The fraction of sp³-hybridized carbons (Fsp3) is 0.167. The van der Waals surface area contributed by atoms with E-state index >= 15 is 0 Å². The van der Waals surface area contributed by atoms with Crippen molar-refractivity contribution < 1.29 is 23.8 Å². The molecular weight excluding hydrogens is 432 g/mol. The number of hydrogen-bond donors (Lipinski definition) is 2. The van der Waals surface area contributed by atoms with E-state index in [2.05, 4.69) is 10.6 Å². The molecule has 8 heteroatoms. The number of carbonyl (C=O) groups is 2. The fourth-order valence-electron chi connectivity index (χ4n) is 3.14. The number of amides is 1. The Morgan fingerprint density at radius 3 is 2.56 bits per heavy atom. The minimum Gasteiger partial charge on any atom is -0.485 e. The summed E-state index contributed by atoms with van der Waals surface area (Å²) in [6.07, 6.45) is -0.303. The maximum atomic E-state index is 12.4. The van der Waals surface area contributed by atoms with Gasteiger partial charge in [0, 0.05) is 17.1 Å². The SMILES string of the molecule is CCC(=O)Oc1c(OCC2NC(=O)c3cc(Cl)ccc3N2)cccc1Oc1ccccc1. The number of fused-ring (bicyclic) bond motifs is 1. The van der Waals surface area contributed by atoms with Gasteiger partial charge in [-0.15, -0.1) is 0 Å². The zero-order valence-electron chi connectivity index (χ0n) is 17.3. The van der Waals surface area contributed by atoms with Crippen LogP contribution in [0.5, 0.6) is 23.0 Å². The van der Waals surface area contributed by atoms with E-state index in [9.17, 15) is 9.59 Å². The molecule has 164 valence electrons. The van der Waals surface area contributed by atoms with Crippen LogP contribution in [0.15, 0.2) is 66.7 Å². The Hall–Kier alpha value is -3.71. The van der Waals surface area contributed by atoms with Gasteiger partial charge in [0.05, 0.1) is 5.56 Å². The monoisotopic (exact) mass is 452 g/mol. The van der Waals surface area contributed by atoms with Crippen LogP contribution in [0.3, 0.4) is 0 Å². The Morgan fingerprint density at radius 2 is 1.78 bits per heavy atom. The second-order valence-corrected chi connectivity index (χ2v) is 7.43. The number of hydrogen-bond acceptors (Lipinski definition) is 6. The molecule has 0 aromatic heterocycles. The van der Waals surface area contributed by atoms with E-state index in [0.717, 1.165) is 0 Å². The Balaban J connectivity index is 1.54. The third-order valence-corrected chi connectivity index (χ3v) is 4.92. The number of nitrogens with one attached hydrogen (secondary N) is 2. The van der Waals surface area contributed by atoms with Crippen molar-refractivity contribution in [1.29, 1.82) is 0 Å². The van der Waals surface area contributed by atoms with Gasteiger partial charge in [-0.05, 0) is 42.5 Å². The van der Waals surface area contributed by atoms with Crippen molar-refractivity contribution >= 4 is 29.2 Å². The van der Waals surface area contributed by atoms with Crippen LogP contribution in [0.25, 0.3) is 0 Å². The van der Waals surface area contributed by atoms with Crippen LogP contribution < -0.4 is 24.8 Å². The van der Waals surface area contributed by atoms with Crippen LogP contribution in [0, 0.1) is 0 Å². The van der Waals surface area contributed by atoms with E-state index in [4.69, 9.17) is 25.8 Å². The van der Waals surface area contributed by atoms with Gasteiger partial charge in [-0.25, -0.2) is 0 Å². The number of ether oxygens (including phenoxy) is 3. The maximum Gasteiger partial charge on any atom is 0.311 e. The molecule has 0 spiro atoms. The maximum absolute atomic E-state index is 12.4. The predicted octanol–water partition coefficient (Wildman–Crippen LogP) is 5.01. The van der Waals surface area contributed by atoms with Crippen molar-refractivity contribution in [1.82, 2.24) is 5.32 Å². The number of anilines is 1. The van der Waals surface area contributed by atoms with Crippen molar-refractivity contribution in [3.05, 3.63) is 77.3 Å². The van der Waals surface area contributed by atoms with Crippen molar-refractivity contribution in [2.45, 2.75) is 19.5 Å². The lowest BCUT2D eigenvalue weighted by Crippen LogP contribution is -2.48. The molecule has 1 unspecified atom stereocenters. The molecule has 0 bridgehead atoms. The van der Waals surface area contributed by atoms with E-state index in [1.54, 1.807) is 55.5 Å². The highest BCUT2D eigenvalue weighted by Gasteiger charge is 2.25. The summed E-state index contributed by atoms with van der Waals surface area (Å²) < 4.78 is 17.4. The Bertz CT molecular complexity index is 1140. The lowest BCUT2D eigenvalue weighted by atomic mass is 10.1. The minimum atomic E-state index is -0.496.